The van der Waals surface area contributed by atoms with Crippen molar-refractivity contribution in [2.45, 2.75) is 25.5 Å². The molecule has 8 heteroatoms. The smallest absolute Gasteiger partial charge is 0.263 e. The fraction of sp³-hybridized carbons (Fsp3) is 0.500. The topological polar surface area (TPSA) is 63.7 Å². The van der Waals surface area contributed by atoms with E-state index < -0.39 is 33.5 Å². The molecular weight excluding hydrogens is 316 g/mol. The first-order valence-electron chi connectivity index (χ1n) is 6.78. The number of halogens is 2. The van der Waals surface area contributed by atoms with Gasteiger partial charge in [0.05, 0.1) is 11.5 Å². The predicted octanol–water partition coefficient (Wildman–Crippen LogP) is 1.38. The van der Waals surface area contributed by atoms with Crippen molar-refractivity contribution in [3.8, 4) is 5.75 Å². The Morgan fingerprint density at radius 2 is 2.05 bits per heavy atom. The summed E-state index contributed by atoms with van der Waals surface area (Å²) in [6.45, 7) is 1.48. The summed E-state index contributed by atoms with van der Waals surface area (Å²) in [6, 6.07) is 2.62. The number of likely N-dealkylation sites (N-methyl/N-ethyl adjacent to an activating group) is 1. The molecule has 2 rings (SSSR count). The molecule has 1 aliphatic heterocycles. The molecule has 0 spiro atoms. The van der Waals surface area contributed by atoms with E-state index in [0.29, 0.717) is 6.42 Å². The number of benzene rings is 1. The van der Waals surface area contributed by atoms with Crippen molar-refractivity contribution in [1.82, 2.24) is 4.90 Å². The van der Waals surface area contributed by atoms with Crippen LogP contribution >= 0.6 is 0 Å². The normalized spacial score (nSPS) is 21.4. The van der Waals surface area contributed by atoms with Crippen molar-refractivity contribution in [3.63, 3.8) is 0 Å². The van der Waals surface area contributed by atoms with Crippen molar-refractivity contribution < 1.29 is 26.7 Å². The van der Waals surface area contributed by atoms with Crippen LogP contribution in [0, 0.1) is 11.6 Å². The van der Waals surface area contributed by atoms with Crippen LogP contribution in [0.5, 0.6) is 5.75 Å². The minimum atomic E-state index is -3.09. The van der Waals surface area contributed by atoms with E-state index in [-0.39, 0.29) is 23.3 Å². The van der Waals surface area contributed by atoms with Gasteiger partial charge in [0.2, 0.25) is 0 Å². The number of ether oxygens (including phenoxy) is 1. The standard InChI is InChI=1S/C14H17F2NO4S/c1-9(21-11-3-4-12(15)13(16)7-11)14(18)17(2)10-5-6-22(19,20)8-10/h3-4,7,9-10H,5-6,8H2,1-2H3. The molecule has 0 radical (unpaired) electrons. The monoisotopic (exact) mass is 333 g/mol. The lowest BCUT2D eigenvalue weighted by Crippen LogP contribution is -2.44. The molecule has 1 amide bonds. The number of hydrogen-bond donors (Lipinski definition) is 0. The largest absolute Gasteiger partial charge is 0.481 e. The van der Waals surface area contributed by atoms with E-state index in [1.807, 2.05) is 0 Å². The van der Waals surface area contributed by atoms with Crippen LogP contribution in [0.3, 0.4) is 0 Å². The van der Waals surface area contributed by atoms with Gasteiger partial charge in [0.15, 0.2) is 27.6 Å². The number of hydrogen-bond acceptors (Lipinski definition) is 4. The van der Waals surface area contributed by atoms with E-state index in [1.165, 1.54) is 24.9 Å². The van der Waals surface area contributed by atoms with Crippen LogP contribution < -0.4 is 4.74 Å². The molecule has 5 nitrogen and oxygen atoms in total. The molecule has 1 aromatic carbocycles. The zero-order valence-electron chi connectivity index (χ0n) is 12.3. The first kappa shape index (κ1) is 16.7. The Kier molecular flexibility index (Phi) is 4.69. The second-order valence-electron chi connectivity index (χ2n) is 5.34. The molecule has 1 aromatic rings. The Labute approximate surface area is 127 Å². The predicted molar refractivity (Wildman–Crippen MR) is 76.3 cm³/mol. The minimum absolute atomic E-state index is 0.0344. The molecule has 22 heavy (non-hydrogen) atoms. The van der Waals surface area contributed by atoms with E-state index in [2.05, 4.69) is 0 Å². The average Bonchev–Trinajstić information content (AvgIpc) is 2.81. The minimum Gasteiger partial charge on any atom is -0.481 e. The summed E-state index contributed by atoms with van der Waals surface area (Å²) < 4.78 is 54.1. The van der Waals surface area contributed by atoms with Crippen molar-refractivity contribution >= 4 is 15.7 Å². The van der Waals surface area contributed by atoms with Crippen molar-refractivity contribution in [2.75, 3.05) is 18.6 Å². The summed E-state index contributed by atoms with van der Waals surface area (Å²) in [5.74, 6) is -2.44. The number of carbonyl (C=O) groups is 1. The highest BCUT2D eigenvalue weighted by Crippen LogP contribution is 2.20. The molecule has 2 unspecified atom stereocenters. The third-order valence-electron chi connectivity index (χ3n) is 3.66. The summed E-state index contributed by atoms with van der Waals surface area (Å²) >= 11 is 0. The van der Waals surface area contributed by atoms with Crippen molar-refractivity contribution in [3.05, 3.63) is 29.8 Å². The van der Waals surface area contributed by atoms with Crippen LogP contribution in [0.4, 0.5) is 8.78 Å². The van der Waals surface area contributed by atoms with Gasteiger partial charge < -0.3 is 9.64 Å². The van der Waals surface area contributed by atoms with Crippen LogP contribution in [0.15, 0.2) is 18.2 Å². The van der Waals surface area contributed by atoms with Gasteiger partial charge in [-0.15, -0.1) is 0 Å². The highest BCUT2D eigenvalue weighted by atomic mass is 32.2. The summed E-state index contributed by atoms with van der Waals surface area (Å²) in [6.07, 6.45) is -0.541. The summed E-state index contributed by atoms with van der Waals surface area (Å²) in [5.41, 5.74) is 0. The third kappa shape index (κ3) is 3.73. The van der Waals surface area contributed by atoms with Gasteiger partial charge >= 0.3 is 0 Å². The molecule has 0 saturated carbocycles. The number of carbonyl (C=O) groups excluding carboxylic acids is 1. The second kappa shape index (κ2) is 6.20. The van der Waals surface area contributed by atoms with Crippen LogP contribution in [-0.4, -0.2) is 49.9 Å². The zero-order chi connectivity index (χ0) is 16.5. The molecule has 1 saturated heterocycles. The number of nitrogens with zero attached hydrogens (tertiary/aromatic N) is 1. The van der Waals surface area contributed by atoms with E-state index in [4.69, 9.17) is 4.74 Å². The summed E-state index contributed by atoms with van der Waals surface area (Å²) in [5, 5.41) is 0. The molecular formula is C14H17F2NO4S. The van der Waals surface area contributed by atoms with Gasteiger partial charge in [-0.05, 0) is 25.5 Å². The van der Waals surface area contributed by atoms with Gasteiger partial charge in [0.1, 0.15) is 5.75 Å². The quantitative estimate of drug-likeness (QED) is 0.835. The SMILES string of the molecule is CC(Oc1ccc(F)c(F)c1)C(=O)N(C)C1CCS(=O)(=O)C1. The van der Waals surface area contributed by atoms with Gasteiger partial charge in [0, 0.05) is 19.2 Å². The molecule has 122 valence electrons. The third-order valence-corrected chi connectivity index (χ3v) is 5.41. The molecule has 0 aliphatic carbocycles. The van der Waals surface area contributed by atoms with Crippen LogP contribution in [-0.2, 0) is 14.6 Å². The molecule has 0 N–H and O–H groups in total. The summed E-state index contributed by atoms with van der Waals surface area (Å²) in [4.78, 5) is 13.6. The second-order valence-corrected chi connectivity index (χ2v) is 7.57. The van der Waals surface area contributed by atoms with Crippen molar-refractivity contribution in [2.24, 2.45) is 0 Å². The molecule has 1 heterocycles. The number of amides is 1. The maximum Gasteiger partial charge on any atom is 0.263 e. The van der Waals surface area contributed by atoms with Gasteiger partial charge in [-0.25, -0.2) is 17.2 Å². The Hall–Kier alpha value is -1.70. The van der Waals surface area contributed by atoms with E-state index in [0.717, 1.165) is 12.1 Å². The first-order valence-corrected chi connectivity index (χ1v) is 8.60. The number of rotatable bonds is 4. The van der Waals surface area contributed by atoms with E-state index >= 15 is 0 Å². The highest BCUT2D eigenvalue weighted by molar-refractivity contribution is 7.91. The molecule has 1 aliphatic rings. The van der Waals surface area contributed by atoms with E-state index in [1.54, 1.807) is 0 Å². The Morgan fingerprint density at radius 3 is 2.59 bits per heavy atom. The number of sulfone groups is 1. The fourth-order valence-electron chi connectivity index (χ4n) is 2.35. The van der Waals surface area contributed by atoms with E-state index in [9.17, 15) is 22.0 Å². The fourth-order valence-corrected chi connectivity index (χ4v) is 4.13. The summed E-state index contributed by atoms with van der Waals surface area (Å²) in [7, 11) is -1.58. The zero-order valence-corrected chi connectivity index (χ0v) is 13.1. The van der Waals surface area contributed by atoms with Crippen LogP contribution in [0.2, 0.25) is 0 Å². The Balaban J connectivity index is 2.01. The lowest BCUT2D eigenvalue weighted by Gasteiger charge is -2.26. The molecule has 2 atom stereocenters. The Bertz CT molecular complexity index is 677. The first-order chi connectivity index (χ1) is 10.2. The lowest BCUT2D eigenvalue weighted by molar-refractivity contribution is -0.138. The lowest BCUT2D eigenvalue weighted by atomic mass is 10.2. The van der Waals surface area contributed by atoms with Gasteiger partial charge in [-0.2, -0.15) is 0 Å². The maximum absolute atomic E-state index is 13.1. The van der Waals surface area contributed by atoms with Crippen molar-refractivity contribution in [1.29, 1.82) is 0 Å². The molecule has 0 aromatic heterocycles. The highest BCUT2D eigenvalue weighted by Gasteiger charge is 2.34. The van der Waals surface area contributed by atoms with Gasteiger partial charge in [-0.3, -0.25) is 4.79 Å². The maximum atomic E-state index is 13.1. The molecule has 1 fully saturated rings. The van der Waals surface area contributed by atoms with Crippen LogP contribution in [0.1, 0.15) is 13.3 Å². The molecule has 0 bridgehead atoms. The Morgan fingerprint density at radius 1 is 1.36 bits per heavy atom. The van der Waals surface area contributed by atoms with Crippen LogP contribution in [0.25, 0.3) is 0 Å². The average molecular weight is 333 g/mol. The van der Waals surface area contributed by atoms with Gasteiger partial charge in [0.25, 0.3) is 5.91 Å². The van der Waals surface area contributed by atoms with Gasteiger partial charge in [-0.1, -0.05) is 0 Å².